The fourth-order valence-corrected chi connectivity index (χ4v) is 5.49. The van der Waals surface area contributed by atoms with Crippen LogP contribution in [0.2, 0.25) is 0 Å². The Kier molecular flexibility index (Phi) is 7.80. The fourth-order valence-electron chi connectivity index (χ4n) is 4.14. The second kappa shape index (κ2) is 11.2. The molecular weight excluding hydrogens is 476 g/mol. The number of fused-ring (bicyclic) bond motifs is 1. The number of amides is 4. The van der Waals surface area contributed by atoms with E-state index in [1.54, 1.807) is 53.4 Å². The number of para-hydroxylation sites is 3. The standard InChI is InChI=1S/C27H28N4O4S/c1-19(2)31(21-13-7-4-8-14-21)25(32)17-30-23-15-9-10-16-24(23)36(35)18-22(26(30)33)29-27(34)28-20-11-5-3-6-12-20/h3-16,19,22H,17-18H2,1-2H3,(H2,28,29,34). The molecule has 3 aromatic carbocycles. The van der Waals surface area contributed by atoms with E-state index in [0.29, 0.717) is 22.0 Å². The number of urea groups is 1. The Morgan fingerprint density at radius 1 is 0.972 bits per heavy atom. The van der Waals surface area contributed by atoms with Gasteiger partial charge >= 0.3 is 6.03 Å². The summed E-state index contributed by atoms with van der Waals surface area (Å²) < 4.78 is 13.2. The van der Waals surface area contributed by atoms with Gasteiger partial charge in [-0.3, -0.25) is 18.7 Å². The molecule has 0 fully saturated rings. The van der Waals surface area contributed by atoms with Gasteiger partial charge in [-0.1, -0.05) is 48.5 Å². The number of hydrogen-bond acceptors (Lipinski definition) is 4. The lowest BCUT2D eigenvalue weighted by Crippen LogP contribution is -2.54. The maximum Gasteiger partial charge on any atom is 0.319 e. The van der Waals surface area contributed by atoms with E-state index in [4.69, 9.17) is 0 Å². The molecule has 36 heavy (non-hydrogen) atoms. The predicted octanol–water partition coefficient (Wildman–Crippen LogP) is 3.77. The molecule has 0 aliphatic carbocycles. The molecule has 0 saturated carbocycles. The molecule has 0 saturated heterocycles. The second-order valence-corrected chi connectivity index (χ2v) is 10.1. The highest BCUT2D eigenvalue weighted by Gasteiger charge is 2.36. The highest BCUT2D eigenvalue weighted by Crippen LogP contribution is 2.29. The van der Waals surface area contributed by atoms with Crippen molar-refractivity contribution in [3.63, 3.8) is 0 Å². The average molecular weight is 505 g/mol. The van der Waals surface area contributed by atoms with Crippen molar-refractivity contribution in [1.82, 2.24) is 5.32 Å². The summed E-state index contributed by atoms with van der Waals surface area (Å²) in [5.41, 5.74) is 1.68. The summed E-state index contributed by atoms with van der Waals surface area (Å²) in [7, 11) is -1.57. The maximum atomic E-state index is 13.7. The van der Waals surface area contributed by atoms with Crippen molar-refractivity contribution >= 4 is 45.7 Å². The number of rotatable bonds is 6. The van der Waals surface area contributed by atoms with Gasteiger partial charge < -0.3 is 15.5 Å². The lowest BCUT2D eigenvalue weighted by molar-refractivity contribution is -0.123. The molecule has 3 aromatic rings. The van der Waals surface area contributed by atoms with Crippen LogP contribution in [0.4, 0.5) is 21.9 Å². The van der Waals surface area contributed by atoms with E-state index >= 15 is 0 Å². The second-order valence-electron chi connectivity index (χ2n) is 8.61. The fraction of sp³-hybridized carbons (Fsp3) is 0.222. The van der Waals surface area contributed by atoms with Gasteiger partial charge in [0.1, 0.15) is 12.6 Å². The van der Waals surface area contributed by atoms with Gasteiger partial charge in [0.2, 0.25) is 5.91 Å². The van der Waals surface area contributed by atoms with Gasteiger partial charge in [-0.05, 0) is 50.2 Å². The third kappa shape index (κ3) is 5.63. The Morgan fingerprint density at radius 3 is 2.25 bits per heavy atom. The summed E-state index contributed by atoms with van der Waals surface area (Å²) in [4.78, 5) is 43.3. The Balaban J connectivity index is 1.62. The molecule has 0 radical (unpaired) electrons. The van der Waals surface area contributed by atoms with Crippen LogP contribution in [0, 0.1) is 0 Å². The average Bonchev–Trinajstić information content (AvgIpc) is 2.96. The third-order valence-electron chi connectivity index (χ3n) is 5.73. The summed E-state index contributed by atoms with van der Waals surface area (Å²) in [6.45, 7) is 3.53. The first-order valence-electron chi connectivity index (χ1n) is 11.6. The maximum absolute atomic E-state index is 13.7. The molecule has 1 heterocycles. The monoisotopic (exact) mass is 504 g/mol. The molecule has 9 heteroatoms. The van der Waals surface area contributed by atoms with E-state index < -0.39 is 28.8 Å². The number of carbonyl (C=O) groups excluding carboxylic acids is 3. The highest BCUT2D eigenvalue weighted by molar-refractivity contribution is 7.85. The van der Waals surface area contributed by atoms with Gasteiger partial charge in [-0.15, -0.1) is 0 Å². The molecule has 4 rings (SSSR count). The number of nitrogens with zero attached hydrogens (tertiary/aromatic N) is 2. The molecular formula is C27H28N4O4S. The van der Waals surface area contributed by atoms with Crippen LogP contribution in [0.15, 0.2) is 89.8 Å². The highest BCUT2D eigenvalue weighted by atomic mass is 32.2. The van der Waals surface area contributed by atoms with Crippen LogP contribution in [-0.2, 0) is 20.4 Å². The van der Waals surface area contributed by atoms with E-state index in [0.717, 1.165) is 0 Å². The summed E-state index contributed by atoms with van der Waals surface area (Å²) in [6.07, 6.45) is 0. The van der Waals surface area contributed by atoms with Gasteiger partial charge in [-0.2, -0.15) is 0 Å². The first-order chi connectivity index (χ1) is 17.3. The molecule has 1 aliphatic rings. The first-order valence-corrected chi connectivity index (χ1v) is 13.0. The Bertz CT molecular complexity index is 1270. The summed E-state index contributed by atoms with van der Waals surface area (Å²) in [6, 6.07) is 23.0. The molecule has 186 valence electrons. The minimum absolute atomic E-state index is 0.102. The van der Waals surface area contributed by atoms with Gasteiger partial charge in [0, 0.05) is 17.4 Å². The SMILES string of the molecule is CC(C)N(C(=O)CN1C(=O)C(NC(=O)Nc2ccccc2)CS(=O)c2ccccc21)c1ccccc1. The molecule has 0 bridgehead atoms. The Morgan fingerprint density at radius 2 is 1.58 bits per heavy atom. The zero-order valence-corrected chi connectivity index (χ0v) is 20.9. The number of anilines is 3. The zero-order valence-electron chi connectivity index (χ0n) is 20.1. The topological polar surface area (TPSA) is 98.8 Å². The van der Waals surface area contributed by atoms with Gasteiger partial charge in [0.05, 0.1) is 27.1 Å². The quantitative estimate of drug-likeness (QED) is 0.534. The molecule has 8 nitrogen and oxygen atoms in total. The van der Waals surface area contributed by atoms with Crippen LogP contribution >= 0.6 is 0 Å². The van der Waals surface area contributed by atoms with Crippen molar-refractivity contribution in [2.75, 3.05) is 27.4 Å². The lowest BCUT2D eigenvalue weighted by Gasteiger charge is -2.31. The smallest absolute Gasteiger partial charge is 0.319 e. The van der Waals surface area contributed by atoms with Gasteiger partial charge in [0.15, 0.2) is 0 Å². The summed E-state index contributed by atoms with van der Waals surface area (Å²) >= 11 is 0. The van der Waals surface area contributed by atoms with Crippen LogP contribution in [0.1, 0.15) is 13.8 Å². The minimum atomic E-state index is -1.57. The lowest BCUT2D eigenvalue weighted by atomic mass is 10.2. The molecule has 0 aromatic heterocycles. The van der Waals surface area contributed by atoms with E-state index in [9.17, 15) is 18.6 Å². The van der Waals surface area contributed by atoms with Crippen LogP contribution in [0.3, 0.4) is 0 Å². The molecule has 1 aliphatic heterocycles. The van der Waals surface area contributed by atoms with E-state index in [-0.39, 0.29) is 24.2 Å². The van der Waals surface area contributed by atoms with Crippen molar-refractivity contribution in [3.8, 4) is 0 Å². The molecule has 0 spiro atoms. The van der Waals surface area contributed by atoms with Gasteiger partial charge in [0.25, 0.3) is 5.91 Å². The van der Waals surface area contributed by atoms with Crippen LogP contribution in [0.25, 0.3) is 0 Å². The Labute approximate surface area is 212 Å². The summed E-state index contributed by atoms with van der Waals surface area (Å²) in [5, 5.41) is 5.33. The molecule has 2 unspecified atom stereocenters. The van der Waals surface area contributed by atoms with Crippen molar-refractivity contribution < 1.29 is 18.6 Å². The van der Waals surface area contributed by atoms with Crippen LogP contribution in [0.5, 0.6) is 0 Å². The molecule has 2 atom stereocenters. The summed E-state index contributed by atoms with van der Waals surface area (Å²) in [5.74, 6) is -0.892. The Hall–Kier alpha value is -3.98. The first kappa shape index (κ1) is 25.1. The van der Waals surface area contributed by atoms with E-state index in [1.807, 2.05) is 50.2 Å². The van der Waals surface area contributed by atoms with Crippen molar-refractivity contribution in [3.05, 3.63) is 84.9 Å². The number of benzene rings is 3. The largest absolute Gasteiger partial charge is 0.325 e. The third-order valence-corrected chi connectivity index (χ3v) is 7.21. The van der Waals surface area contributed by atoms with E-state index in [1.165, 1.54) is 4.90 Å². The van der Waals surface area contributed by atoms with Crippen molar-refractivity contribution in [2.24, 2.45) is 0 Å². The number of nitrogens with one attached hydrogen (secondary N) is 2. The minimum Gasteiger partial charge on any atom is -0.325 e. The molecule has 2 N–H and O–H groups in total. The van der Waals surface area contributed by atoms with Crippen molar-refractivity contribution in [1.29, 1.82) is 0 Å². The van der Waals surface area contributed by atoms with Crippen LogP contribution < -0.4 is 20.4 Å². The predicted molar refractivity (Wildman–Crippen MR) is 142 cm³/mol. The van der Waals surface area contributed by atoms with E-state index in [2.05, 4.69) is 10.6 Å². The van der Waals surface area contributed by atoms with Crippen molar-refractivity contribution in [2.45, 2.75) is 30.8 Å². The molecule has 4 amide bonds. The number of carbonyl (C=O) groups is 3. The number of hydrogen-bond donors (Lipinski definition) is 2. The normalized spacial score (nSPS) is 17.2. The van der Waals surface area contributed by atoms with Crippen LogP contribution in [-0.4, -0.2) is 46.4 Å². The zero-order chi connectivity index (χ0) is 25.7. The van der Waals surface area contributed by atoms with Gasteiger partial charge in [-0.25, -0.2) is 4.79 Å².